The van der Waals surface area contributed by atoms with Crippen molar-refractivity contribution in [1.29, 1.82) is 5.26 Å². The Kier molecular flexibility index (Phi) is 5.71. The van der Waals surface area contributed by atoms with Gasteiger partial charge in [-0.25, -0.2) is 0 Å². The summed E-state index contributed by atoms with van der Waals surface area (Å²) in [7, 11) is 1.44. The maximum Gasteiger partial charge on any atom is 0.288 e. The molecule has 0 saturated heterocycles. The molecule has 0 aliphatic heterocycles. The highest BCUT2D eigenvalue weighted by molar-refractivity contribution is 6.32. The molecule has 0 aromatic heterocycles. The normalized spacial score (nSPS) is 10.3. The first-order chi connectivity index (χ1) is 11.9. The van der Waals surface area contributed by atoms with E-state index in [1.807, 2.05) is 6.07 Å². The summed E-state index contributed by atoms with van der Waals surface area (Å²) in [6.45, 7) is 0. The van der Waals surface area contributed by atoms with Gasteiger partial charge in [-0.2, -0.15) is 5.26 Å². The van der Waals surface area contributed by atoms with E-state index in [1.54, 1.807) is 18.2 Å². The first kappa shape index (κ1) is 18.0. The van der Waals surface area contributed by atoms with Crippen LogP contribution in [0.15, 0.2) is 42.5 Å². The van der Waals surface area contributed by atoms with Crippen LogP contribution >= 0.6 is 11.6 Å². The van der Waals surface area contributed by atoms with Gasteiger partial charge in [0.05, 0.1) is 29.4 Å². The lowest BCUT2D eigenvalue weighted by Crippen LogP contribution is -2.09. The number of methoxy groups -OCH3 is 1. The SMILES string of the molecule is COc1ccc(C#N)cc1NC(=O)/C=C/c1ccc(Cl)c([N+](=O)[O-])c1. The Morgan fingerprint density at radius 2 is 2.12 bits per heavy atom. The number of nitrogens with one attached hydrogen (secondary N) is 1. The standard InChI is InChI=1S/C17H12ClN3O4/c1-25-16-6-3-12(10-19)8-14(16)20-17(22)7-4-11-2-5-13(18)15(9-11)21(23)24/h2-9H,1H3,(H,20,22)/b7-4+. The molecular weight excluding hydrogens is 346 g/mol. The zero-order valence-corrected chi connectivity index (χ0v) is 13.8. The van der Waals surface area contributed by atoms with Crippen LogP contribution in [0.4, 0.5) is 11.4 Å². The van der Waals surface area contributed by atoms with Crippen molar-refractivity contribution in [2.75, 3.05) is 12.4 Å². The van der Waals surface area contributed by atoms with Gasteiger partial charge in [-0.15, -0.1) is 0 Å². The molecule has 2 rings (SSSR count). The van der Waals surface area contributed by atoms with Gasteiger partial charge in [-0.3, -0.25) is 14.9 Å². The van der Waals surface area contributed by atoms with Gasteiger partial charge in [-0.05, 0) is 35.9 Å². The quantitative estimate of drug-likeness (QED) is 0.498. The molecule has 0 spiro atoms. The predicted octanol–water partition coefficient (Wildman–Crippen LogP) is 3.78. The van der Waals surface area contributed by atoms with Crippen molar-refractivity contribution >= 4 is 35.0 Å². The number of hydrogen-bond donors (Lipinski definition) is 1. The first-order valence-corrected chi connectivity index (χ1v) is 7.33. The van der Waals surface area contributed by atoms with Crippen LogP contribution in [-0.2, 0) is 4.79 Å². The number of ether oxygens (including phenoxy) is 1. The molecule has 0 saturated carbocycles. The summed E-state index contributed by atoms with van der Waals surface area (Å²) in [4.78, 5) is 22.3. The lowest BCUT2D eigenvalue weighted by Gasteiger charge is -2.08. The molecule has 0 aliphatic carbocycles. The molecule has 8 heteroatoms. The summed E-state index contributed by atoms with van der Waals surface area (Å²) >= 11 is 5.74. The number of halogens is 1. The van der Waals surface area contributed by atoms with Crippen LogP contribution in [0.2, 0.25) is 5.02 Å². The van der Waals surface area contributed by atoms with E-state index in [0.717, 1.165) is 0 Å². The van der Waals surface area contributed by atoms with Crippen LogP contribution in [0.3, 0.4) is 0 Å². The molecular formula is C17H12ClN3O4. The number of anilines is 1. The number of hydrogen-bond acceptors (Lipinski definition) is 5. The number of nitro groups is 1. The number of nitriles is 1. The number of carbonyl (C=O) groups is 1. The molecule has 0 heterocycles. The number of rotatable bonds is 5. The Morgan fingerprint density at radius 1 is 1.36 bits per heavy atom. The molecule has 7 nitrogen and oxygen atoms in total. The van der Waals surface area contributed by atoms with Crippen molar-refractivity contribution in [3.05, 3.63) is 68.7 Å². The Hall–Kier alpha value is -3.37. The van der Waals surface area contributed by atoms with Gasteiger partial charge in [0, 0.05) is 12.1 Å². The number of nitrogens with zero attached hydrogens (tertiary/aromatic N) is 2. The van der Waals surface area contributed by atoms with Crippen LogP contribution in [0.5, 0.6) is 5.75 Å². The highest BCUT2D eigenvalue weighted by Crippen LogP contribution is 2.26. The summed E-state index contributed by atoms with van der Waals surface area (Å²) < 4.78 is 5.13. The third-order valence-electron chi connectivity index (χ3n) is 3.18. The van der Waals surface area contributed by atoms with Crippen LogP contribution in [0, 0.1) is 21.4 Å². The molecule has 25 heavy (non-hydrogen) atoms. The average molecular weight is 358 g/mol. The zero-order valence-electron chi connectivity index (χ0n) is 13.0. The Bertz CT molecular complexity index is 903. The number of benzene rings is 2. The molecule has 0 unspecified atom stereocenters. The minimum Gasteiger partial charge on any atom is -0.495 e. The fraction of sp³-hybridized carbons (Fsp3) is 0.0588. The van der Waals surface area contributed by atoms with Crippen molar-refractivity contribution in [2.24, 2.45) is 0 Å². The highest BCUT2D eigenvalue weighted by atomic mass is 35.5. The second-order valence-corrected chi connectivity index (χ2v) is 5.22. The largest absolute Gasteiger partial charge is 0.495 e. The fourth-order valence-electron chi connectivity index (χ4n) is 1.99. The summed E-state index contributed by atoms with van der Waals surface area (Å²) in [6.07, 6.45) is 2.63. The second kappa shape index (κ2) is 7.95. The van der Waals surface area contributed by atoms with E-state index >= 15 is 0 Å². The maximum absolute atomic E-state index is 12.0. The van der Waals surface area contributed by atoms with E-state index < -0.39 is 10.8 Å². The Balaban J connectivity index is 2.18. The van der Waals surface area contributed by atoms with E-state index in [9.17, 15) is 14.9 Å². The maximum atomic E-state index is 12.0. The molecule has 0 radical (unpaired) electrons. The summed E-state index contributed by atoms with van der Waals surface area (Å²) in [5.74, 6) is -0.0751. The minimum atomic E-state index is -0.599. The number of nitro benzene ring substituents is 1. The Labute approximate surface area is 148 Å². The third-order valence-corrected chi connectivity index (χ3v) is 3.50. The zero-order chi connectivity index (χ0) is 18.4. The van der Waals surface area contributed by atoms with Gasteiger partial charge in [0.1, 0.15) is 10.8 Å². The van der Waals surface area contributed by atoms with E-state index in [4.69, 9.17) is 21.6 Å². The number of carbonyl (C=O) groups excluding carboxylic acids is 1. The first-order valence-electron chi connectivity index (χ1n) is 6.95. The molecule has 2 aromatic rings. The smallest absolute Gasteiger partial charge is 0.288 e. The van der Waals surface area contributed by atoms with Crippen LogP contribution in [0.25, 0.3) is 6.08 Å². The minimum absolute atomic E-state index is 0.0182. The van der Waals surface area contributed by atoms with Crippen molar-refractivity contribution < 1.29 is 14.5 Å². The average Bonchev–Trinajstić information content (AvgIpc) is 2.60. The van der Waals surface area contributed by atoms with Crippen molar-refractivity contribution in [3.63, 3.8) is 0 Å². The Morgan fingerprint density at radius 3 is 2.76 bits per heavy atom. The molecule has 0 atom stereocenters. The van der Waals surface area contributed by atoms with Gasteiger partial charge < -0.3 is 10.1 Å². The molecule has 0 aliphatic rings. The van der Waals surface area contributed by atoms with Crippen molar-refractivity contribution in [1.82, 2.24) is 0 Å². The van der Waals surface area contributed by atoms with Gasteiger partial charge >= 0.3 is 0 Å². The topological polar surface area (TPSA) is 105 Å². The van der Waals surface area contributed by atoms with Crippen LogP contribution in [-0.4, -0.2) is 17.9 Å². The van der Waals surface area contributed by atoms with Gasteiger partial charge in [-0.1, -0.05) is 17.7 Å². The van der Waals surface area contributed by atoms with Gasteiger partial charge in [0.2, 0.25) is 5.91 Å². The molecule has 2 aromatic carbocycles. The van der Waals surface area contributed by atoms with Crippen LogP contribution in [0.1, 0.15) is 11.1 Å². The monoisotopic (exact) mass is 357 g/mol. The summed E-state index contributed by atoms with van der Waals surface area (Å²) in [5, 5.41) is 22.4. The summed E-state index contributed by atoms with van der Waals surface area (Å²) in [6, 6.07) is 10.8. The molecule has 0 bridgehead atoms. The predicted molar refractivity (Wildman–Crippen MR) is 93.5 cm³/mol. The lowest BCUT2D eigenvalue weighted by atomic mass is 10.2. The lowest BCUT2D eigenvalue weighted by molar-refractivity contribution is -0.384. The molecule has 126 valence electrons. The van der Waals surface area contributed by atoms with E-state index in [2.05, 4.69) is 5.32 Å². The van der Waals surface area contributed by atoms with Crippen molar-refractivity contribution in [2.45, 2.75) is 0 Å². The van der Waals surface area contributed by atoms with Gasteiger partial charge in [0.15, 0.2) is 0 Å². The molecule has 0 fully saturated rings. The molecule has 1 N–H and O–H groups in total. The number of amides is 1. The molecule has 1 amide bonds. The van der Waals surface area contributed by atoms with Crippen LogP contribution < -0.4 is 10.1 Å². The second-order valence-electron chi connectivity index (χ2n) is 4.82. The van der Waals surface area contributed by atoms with Crippen molar-refractivity contribution in [3.8, 4) is 11.8 Å². The third kappa shape index (κ3) is 4.56. The van der Waals surface area contributed by atoms with Gasteiger partial charge in [0.25, 0.3) is 5.69 Å². The highest BCUT2D eigenvalue weighted by Gasteiger charge is 2.12. The van der Waals surface area contributed by atoms with E-state index in [0.29, 0.717) is 22.6 Å². The summed E-state index contributed by atoms with van der Waals surface area (Å²) in [5.41, 5.74) is 0.920. The van der Waals surface area contributed by atoms with E-state index in [-0.39, 0.29) is 10.7 Å². The van der Waals surface area contributed by atoms with E-state index in [1.165, 1.54) is 37.5 Å². The fourth-order valence-corrected chi connectivity index (χ4v) is 2.18.